The van der Waals surface area contributed by atoms with Crippen LogP contribution in [0.4, 0.5) is 0 Å². The van der Waals surface area contributed by atoms with Gasteiger partial charge in [-0.1, -0.05) is 0 Å². The van der Waals surface area contributed by atoms with Gasteiger partial charge in [0.05, 0.1) is 17.7 Å². The molecule has 7 heteroatoms. The third-order valence-corrected chi connectivity index (χ3v) is 3.70. The van der Waals surface area contributed by atoms with Gasteiger partial charge >= 0.3 is 5.97 Å². The van der Waals surface area contributed by atoms with Gasteiger partial charge in [-0.05, 0) is 32.9 Å². The number of likely N-dealkylation sites (N-methyl/N-ethyl adjacent to an activating group) is 2. The maximum absolute atomic E-state index is 12.1. The average molecular weight is 307 g/mol. The van der Waals surface area contributed by atoms with Crippen molar-refractivity contribution in [3.05, 3.63) is 23.6 Å². The molecule has 0 bridgehead atoms. The van der Waals surface area contributed by atoms with Crippen molar-refractivity contribution in [2.45, 2.75) is 26.3 Å². The quantitative estimate of drug-likeness (QED) is 0.572. The fraction of sp³-hybridized carbons (Fsp3) is 0.533. The molecule has 0 spiro atoms. The number of rotatable bonds is 3. The Labute approximate surface area is 129 Å². The van der Waals surface area contributed by atoms with Crippen molar-refractivity contribution in [2.75, 3.05) is 27.3 Å². The Morgan fingerprint density at radius 3 is 2.64 bits per heavy atom. The van der Waals surface area contributed by atoms with Crippen molar-refractivity contribution in [3.8, 4) is 0 Å². The topological polar surface area (TPSA) is 71.4 Å². The SMILES string of the molecule is CCOC(=O)C1=NN(C)C(=O)/C1=C/C=C1/OCC(C)(C)N1C. The van der Waals surface area contributed by atoms with Gasteiger partial charge in [0, 0.05) is 14.1 Å². The lowest BCUT2D eigenvalue weighted by molar-refractivity contribution is -0.135. The van der Waals surface area contributed by atoms with Crippen LogP contribution in [-0.4, -0.2) is 60.3 Å². The van der Waals surface area contributed by atoms with Gasteiger partial charge in [0.15, 0.2) is 11.6 Å². The van der Waals surface area contributed by atoms with Gasteiger partial charge in [-0.2, -0.15) is 5.10 Å². The lowest BCUT2D eigenvalue weighted by atomic mass is 10.1. The molecule has 1 saturated heterocycles. The molecule has 0 aromatic heterocycles. The first-order valence-corrected chi connectivity index (χ1v) is 7.10. The largest absolute Gasteiger partial charge is 0.477 e. The Morgan fingerprint density at radius 2 is 2.09 bits per heavy atom. The minimum atomic E-state index is -0.606. The fourth-order valence-electron chi connectivity index (χ4n) is 2.08. The van der Waals surface area contributed by atoms with Crippen LogP contribution < -0.4 is 0 Å². The maximum Gasteiger partial charge on any atom is 0.359 e. The van der Waals surface area contributed by atoms with Gasteiger partial charge < -0.3 is 14.4 Å². The Kier molecular flexibility index (Phi) is 4.25. The summed E-state index contributed by atoms with van der Waals surface area (Å²) in [4.78, 5) is 25.9. The monoisotopic (exact) mass is 307 g/mol. The van der Waals surface area contributed by atoms with Crippen molar-refractivity contribution < 1.29 is 19.1 Å². The number of hydrogen-bond donors (Lipinski definition) is 0. The molecule has 0 aliphatic carbocycles. The molecule has 0 radical (unpaired) electrons. The number of carbonyl (C=O) groups excluding carboxylic acids is 2. The van der Waals surface area contributed by atoms with Gasteiger partial charge in [-0.3, -0.25) is 4.79 Å². The average Bonchev–Trinajstić information content (AvgIpc) is 2.88. The Hall–Kier alpha value is -2.31. The number of nitrogens with zero attached hydrogens (tertiary/aromatic N) is 3. The van der Waals surface area contributed by atoms with E-state index in [1.807, 2.05) is 11.9 Å². The predicted octanol–water partition coefficient (Wildman–Crippen LogP) is 0.886. The zero-order valence-corrected chi connectivity index (χ0v) is 13.5. The van der Waals surface area contributed by atoms with Crippen LogP contribution in [0.25, 0.3) is 0 Å². The number of esters is 1. The summed E-state index contributed by atoms with van der Waals surface area (Å²) < 4.78 is 10.5. The first kappa shape index (κ1) is 16.1. The number of hydrazone groups is 1. The van der Waals surface area contributed by atoms with Crippen LogP contribution in [0.2, 0.25) is 0 Å². The van der Waals surface area contributed by atoms with Crippen molar-refractivity contribution in [2.24, 2.45) is 5.10 Å². The smallest absolute Gasteiger partial charge is 0.359 e. The second-order valence-corrected chi connectivity index (χ2v) is 5.74. The molecular weight excluding hydrogens is 286 g/mol. The summed E-state index contributed by atoms with van der Waals surface area (Å²) in [5, 5.41) is 5.06. The summed E-state index contributed by atoms with van der Waals surface area (Å²) in [6, 6.07) is 0. The van der Waals surface area contributed by atoms with Crippen molar-refractivity contribution >= 4 is 17.6 Å². The van der Waals surface area contributed by atoms with E-state index in [2.05, 4.69) is 18.9 Å². The molecule has 7 nitrogen and oxygen atoms in total. The number of carbonyl (C=O) groups is 2. The van der Waals surface area contributed by atoms with E-state index in [0.717, 1.165) is 5.01 Å². The molecular formula is C15H21N3O4. The molecule has 2 heterocycles. The third kappa shape index (κ3) is 2.84. The molecule has 1 fully saturated rings. The van der Waals surface area contributed by atoms with E-state index in [-0.39, 0.29) is 29.3 Å². The van der Waals surface area contributed by atoms with Crippen LogP contribution >= 0.6 is 0 Å². The van der Waals surface area contributed by atoms with E-state index in [1.54, 1.807) is 19.1 Å². The number of amides is 1. The summed E-state index contributed by atoms with van der Waals surface area (Å²) >= 11 is 0. The molecule has 120 valence electrons. The summed E-state index contributed by atoms with van der Waals surface area (Å²) in [6.45, 7) is 6.60. The molecule has 0 aromatic rings. The second kappa shape index (κ2) is 5.82. The normalized spacial score (nSPS) is 24.0. The second-order valence-electron chi connectivity index (χ2n) is 5.74. The summed E-state index contributed by atoms with van der Waals surface area (Å²) in [5.74, 6) is -0.311. The van der Waals surface area contributed by atoms with E-state index < -0.39 is 5.97 Å². The summed E-state index contributed by atoms with van der Waals surface area (Å²) in [6.07, 6.45) is 3.23. The standard InChI is InChI=1S/C15H21N3O4/c1-6-21-14(20)12-10(13(19)18(5)16-12)7-8-11-17(4)15(2,3)9-22-11/h7-8H,6,9H2,1-5H3/b10-7+,11-8+. The van der Waals surface area contributed by atoms with E-state index >= 15 is 0 Å². The van der Waals surface area contributed by atoms with Crippen molar-refractivity contribution in [1.29, 1.82) is 0 Å². The number of hydrogen-bond acceptors (Lipinski definition) is 6. The highest BCUT2D eigenvalue weighted by Gasteiger charge is 2.35. The van der Waals surface area contributed by atoms with Crippen LogP contribution in [0, 0.1) is 0 Å². The van der Waals surface area contributed by atoms with E-state index in [1.165, 1.54) is 7.05 Å². The molecule has 0 N–H and O–H groups in total. The molecule has 0 aromatic carbocycles. The molecule has 1 amide bonds. The third-order valence-electron chi connectivity index (χ3n) is 3.70. The zero-order valence-electron chi connectivity index (χ0n) is 13.5. The zero-order chi connectivity index (χ0) is 16.5. The minimum absolute atomic E-state index is 0.0195. The number of allylic oxidation sites excluding steroid dienone is 2. The first-order valence-electron chi connectivity index (χ1n) is 7.10. The van der Waals surface area contributed by atoms with Crippen molar-refractivity contribution in [3.63, 3.8) is 0 Å². The predicted molar refractivity (Wildman–Crippen MR) is 80.8 cm³/mol. The maximum atomic E-state index is 12.1. The molecule has 0 atom stereocenters. The lowest BCUT2D eigenvalue weighted by Crippen LogP contribution is -2.36. The van der Waals surface area contributed by atoms with E-state index in [0.29, 0.717) is 12.5 Å². The molecule has 0 saturated carbocycles. The summed E-state index contributed by atoms with van der Waals surface area (Å²) in [7, 11) is 3.41. The Balaban J connectivity index is 2.28. The van der Waals surface area contributed by atoms with Crippen LogP contribution in [0.5, 0.6) is 0 Å². The highest BCUT2D eigenvalue weighted by atomic mass is 16.5. The fourth-order valence-corrected chi connectivity index (χ4v) is 2.08. The molecule has 0 unspecified atom stereocenters. The van der Waals surface area contributed by atoms with E-state index in [9.17, 15) is 9.59 Å². The molecule has 22 heavy (non-hydrogen) atoms. The molecule has 2 aliphatic rings. The highest BCUT2D eigenvalue weighted by molar-refractivity contribution is 6.51. The number of ether oxygens (including phenoxy) is 2. The van der Waals surface area contributed by atoms with Crippen LogP contribution in [0.1, 0.15) is 20.8 Å². The van der Waals surface area contributed by atoms with Crippen molar-refractivity contribution in [1.82, 2.24) is 9.91 Å². The Bertz CT molecular complexity index is 590. The van der Waals surface area contributed by atoms with E-state index in [4.69, 9.17) is 9.47 Å². The summed E-state index contributed by atoms with van der Waals surface area (Å²) in [5.41, 5.74) is 0.111. The molecule has 2 rings (SSSR count). The minimum Gasteiger partial charge on any atom is -0.477 e. The van der Waals surface area contributed by atoms with Gasteiger partial charge in [0.2, 0.25) is 0 Å². The van der Waals surface area contributed by atoms with Crippen LogP contribution in [0.3, 0.4) is 0 Å². The van der Waals surface area contributed by atoms with Gasteiger partial charge in [0.25, 0.3) is 5.91 Å². The van der Waals surface area contributed by atoms with Gasteiger partial charge in [-0.25, -0.2) is 9.80 Å². The lowest BCUT2D eigenvalue weighted by Gasteiger charge is -2.25. The van der Waals surface area contributed by atoms with Gasteiger partial charge in [0.1, 0.15) is 6.61 Å². The van der Waals surface area contributed by atoms with Gasteiger partial charge in [-0.15, -0.1) is 0 Å². The molecule has 2 aliphatic heterocycles. The Morgan fingerprint density at radius 1 is 1.41 bits per heavy atom. The first-order chi connectivity index (χ1) is 10.3. The van der Waals surface area contributed by atoms with Crippen LogP contribution in [-0.2, 0) is 19.1 Å². The highest BCUT2D eigenvalue weighted by Crippen LogP contribution is 2.27. The van der Waals surface area contributed by atoms with Crippen LogP contribution in [0.15, 0.2) is 28.7 Å².